The van der Waals surface area contributed by atoms with Gasteiger partial charge in [-0.25, -0.2) is 9.37 Å². The number of halogens is 1. The minimum Gasteiger partial charge on any atom is -0.492 e. The number of benzene rings is 2. The first-order valence-electron chi connectivity index (χ1n) is 16.7. The van der Waals surface area contributed by atoms with Crippen molar-refractivity contribution in [1.29, 1.82) is 0 Å². The first kappa shape index (κ1) is 31.5. The van der Waals surface area contributed by atoms with Crippen molar-refractivity contribution in [2.24, 2.45) is 11.0 Å². The standard InChI is InChI=1S/C38H40FN7O2/c1-46(2)13-14-48-30-18-26(16-28(39)19-30)31-9-6-10-34-32(31)20-35(43-34)38-37-25(22-41-45-38)11-12-33(44-37)27-17-29(23-40-21-27)42-36(47)15-24-7-4-3-5-8-24/h6,9-12,16-21,23-24,41,43H,3-5,7-8,13-15,22H2,1-2H3,(H,42,47). The Balaban J connectivity index is 1.15. The Morgan fingerprint density at radius 2 is 1.90 bits per heavy atom. The van der Waals surface area contributed by atoms with Crippen LogP contribution in [0.3, 0.4) is 0 Å². The Bertz CT molecular complexity index is 1980. The van der Waals surface area contributed by atoms with Crippen LogP contribution in [0, 0.1) is 11.7 Å². The molecule has 0 unspecified atom stereocenters. The Labute approximate surface area is 279 Å². The number of carbonyl (C=O) groups excluding carboxylic acids is 1. The summed E-state index contributed by atoms with van der Waals surface area (Å²) in [5, 5.41) is 8.66. The predicted molar refractivity (Wildman–Crippen MR) is 188 cm³/mol. The van der Waals surface area contributed by atoms with Crippen molar-refractivity contribution in [1.82, 2.24) is 25.3 Å². The van der Waals surface area contributed by atoms with Crippen LogP contribution < -0.4 is 15.5 Å². The number of hydrazone groups is 1. The molecule has 9 nitrogen and oxygen atoms in total. The molecule has 246 valence electrons. The maximum absolute atomic E-state index is 14.8. The van der Waals surface area contributed by atoms with Gasteiger partial charge in [-0.05, 0) is 80.4 Å². The number of aromatic nitrogens is 3. The average Bonchev–Trinajstić information content (AvgIpc) is 3.52. The molecule has 1 aliphatic carbocycles. The first-order valence-corrected chi connectivity index (χ1v) is 16.7. The van der Waals surface area contributed by atoms with E-state index in [1.54, 1.807) is 12.4 Å². The van der Waals surface area contributed by atoms with Crippen LogP contribution in [-0.4, -0.2) is 58.7 Å². The van der Waals surface area contributed by atoms with E-state index in [0.29, 0.717) is 42.6 Å². The van der Waals surface area contributed by atoms with Gasteiger partial charge in [-0.1, -0.05) is 37.5 Å². The SMILES string of the molecule is CN(C)CCOc1cc(F)cc(-c2cccc3[nH]c(C4=NNCc5ccc(-c6cncc(NC(=O)CC7CCCCC7)c6)nc54)cc23)c1. The molecule has 0 bridgehead atoms. The molecule has 48 heavy (non-hydrogen) atoms. The molecular formula is C38H40FN7O2. The number of pyridine rings is 2. The summed E-state index contributed by atoms with van der Waals surface area (Å²) in [6, 6.07) is 18.7. The van der Waals surface area contributed by atoms with Crippen molar-refractivity contribution in [2.45, 2.75) is 45.1 Å². The zero-order valence-electron chi connectivity index (χ0n) is 27.4. The second kappa shape index (κ2) is 13.9. The van der Waals surface area contributed by atoms with Crippen molar-refractivity contribution in [2.75, 3.05) is 32.6 Å². The van der Waals surface area contributed by atoms with Crippen LogP contribution in [0.2, 0.25) is 0 Å². The summed E-state index contributed by atoms with van der Waals surface area (Å²) < 4.78 is 20.6. The Hall–Kier alpha value is -5.09. The lowest BCUT2D eigenvalue weighted by Crippen LogP contribution is -2.23. The summed E-state index contributed by atoms with van der Waals surface area (Å²) in [7, 11) is 3.95. The number of likely N-dealkylation sites (N-methyl/N-ethyl adjacent to an activating group) is 1. The summed E-state index contributed by atoms with van der Waals surface area (Å²) in [6.45, 7) is 1.74. The monoisotopic (exact) mass is 645 g/mol. The fourth-order valence-electron chi connectivity index (χ4n) is 6.64. The van der Waals surface area contributed by atoms with Crippen LogP contribution in [0.25, 0.3) is 33.3 Å². The molecule has 7 rings (SSSR count). The van der Waals surface area contributed by atoms with Crippen LogP contribution in [0.5, 0.6) is 5.75 Å². The quantitative estimate of drug-likeness (QED) is 0.149. The molecular weight excluding hydrogens is 605 g/mol. The van der Waals surface area contributed by atoms with Crippen LogP contribution in [0.4, 0.5) is 10.1 Å². The van der Waals surface area contributed by atoms with E-state index in [1.807, 2.05) is 67.5 Å². The first-order chi connectivity index (χ1) is 23.4. The highest BCUT2D eigenvalue weighted by Crippen LogP contribution is 2.34. The third-order valence-electron chi connectivity index (χ3n) is 9.09. The molecule has 1 fully saturated rings. The molecule has 2 aromatic carbocycles. The number of hydrogen-bond donors (Lipinski definition) is 3. The zero-order chi connectivity index (χ0) is 33.0. The number of H-pyrrole nitrogens is 1. The summed E-state index contributed by atoms with van der Waals surface area (Å²) in [6.07, 6.45) is 9.92. The van der Waals surface area contributed by atoms with Gasteiger partial charge in [0.15, 0.2) is 0 Å². The van der Waals surface area contributed by atoms with E-state index in [1.165, 1.54) is 31.4 Å². The fourth-order valence-corrected chi connectivity index (χ4v) is 6.64. The molecule has 10 heteroatoms. The average molecular weight is 646 g/mol. The molecule has 4 heterocycles. The van der Waals surface area contributed by atoms with E-state index in [-0.39, 0.29) is 11.7 Å². The number of amides is 1. The Kier molecular flexibility index (Phi) is 9.16. The minimum atomic E-state index is -0.353. The fraction of sp³-hybridized carbons (Fsp3) is 0.316. The van der Waals surface area contributed by atoms with Gasteiger partial charge in [-0.3, -0.25) is 9.78 Å². The lowest BCUT2D eigenvalue weighted by Gasteiger charge is -2.20. The number of fused-ring (bicyclic) bond motifs is 2. The van der Waals surface area contributed by atoms with Gasteiger partial charge in [-0.2, -0.15) is 5.10 Å². The lowest BCUT2D eigenvalue weighted by atomic mass is 9.87. The highest BCUT2D eigenvalue weighted by molar-refractivity contribution is 6.15. The topological polar surface area (TPSA) is 108 Å². The van der Waals surface area contributed by atoms with Gasteiger partial charge < -0.3 is 25.4 Å². The molecule has 1 aliphatic heterocycles. The second-order valence-electron chi connectivity index (χ2n) is 13.0. The van der Waals surface area contributed by atoms with E-state index < -0.39 is 0 Å². The van der Waals surface area contributed by atoms with Crippen molar-refractivity contribution in [3.63, 3.8) is 0 Å². The Morgan fingerprint density at radius 1 is 1.02 bits per heavy atom. The van der Waals surface area contributed by atoms with E-state index in [2.05, 4.69) is 25.8 Å². The summed E-state index contributed by atoms with van der Waals surface area (Å²) in [5.41, 5.74) is 11.1. The number of ether oxygens (including phenoxy) is 1. The van der Waals surface area contributed by atoms with E-state index in [4.69, 9.17) is 9.72 Å². The van der Waals surface area contributed by atoms with Gasteiger partial charge in [0.2, 0.25) is 5.91 Å². The summed E-state index contributed by atoms with van der Waals surface area (Å²) in [5.74, 6) is 0.634. The van der Waals surface area contributed by atoms with E-state index in [9.17, 15) is 9.18 Å². The number of aromatic amines is 1. The van der Waals surface area contributed by atoms with Gasteiger partial charge in [0.05, 0.1) is 35.5 Å². The highest BCUT2D eigenvalue weighted by atomic mass is 19.1. The normalized spacial score (nSPS) is 14.8. The van der Waals surface area contributed by atoms with Gasteiger partial charge in [0.1, 0.15) is 23.9 Å². The third kappa shape index (κ3) is 7.08. The minimum absolute atomic E-state index is 0.0317. The number of hydrogen-bond acceptors (Lipinski definition) is 7. The molecule has 3 aromatic heterocycles. The lowest BCUT2D eigenvalue weighted by molar-refractivity contribution is -0.117. The number of carbonyl (C=O) groups is 1. The molecule has 0 atom stereocenters. The molecule has 0 saturated heterocycles. The molecule has 5 aromatic rings. The number of anilines is 1. The van der Waals surface area contributed by atoms with Crippen LogP contribution >= 0.6 is 0 Å². The number of nitrogens with one attached hydrogen (secondary N) is 3. The molecule has 1 saturated carbocycles. The number of rotatable bonds is 10. The zero-order valence-corrected chi connectivity index (χ0v) is 27.4. The predicted octanol–water partition coefficient (Wildman–Crippen LogP) is 7.14. The van der Waals surface area contributed by atoms with Crippen molar-refractivity contribution in [3.8, 4) is 28.1 Å². The van der Waals surface area contributed by atoms with Crippen LogP contribution in [-0.2, 0) is 11.3 Å². The molecule has 1 amide bonds. The van der Waals surface area contributed by atoms with Crippen LogP contribution in [0.1, 0.15) is 55.5 Å². The van der Waals surface area contributed by atoms with Gasteiger partial charge in [0, 0.05) is 47.3 Å². The second-order valence-corrected chi connectivity index (χ2v) is 13.0. The Morgan fingerprint density at radius 3 is 2.75 bits per heavy atom. The van der Waals surface area contributed by atoms with Gasteiger partial charge in [0.25, 0.3) is 0 Å². The molecule has 3 N–H and O–H groups in total. The van der Waals surface area contributed by atoms with Crippen molar-refractivity contribution < 1.29 is 13.9 Å². The van der Waals surface area contributed by atoms with E-state index >= 15 is 0 Å². The molecule has 0 radical (unpaired) electrons. The van der Waals surface area contributed by atoms with Crippen LogP contribution in [0.15, 0.2) is 78.2 Å². The van der Waals surface area contributed by atoms with E-state index in [0.717, 1.165) is 69.6 Å². The molecule has 0 spiro atoms. The largest absolute Gasteiger partial charge is 0.492 e. The third-order valence-corrected chi connectivity index (χ3v) is 9.09. The van der Waals surface area contributed by atoms with Crippen molar-refractivity contribution >= 4 is 28.2 Å². The number of nitrogens with zero attached hydrogens (tertiary/aromatic N) is 4. The maximum atomic E-state index is 14.8. The van der Waals surface area contributed by atoms with Gasteiger partial charge in [-0.15, -0.1) is 0 Å². The summed E-state index contributed by atoms with van der Waals surface area (Å²) in [4.78, 5) is 27.8. The highest BCUT2D eigenvalue weighted by Gasteiger charge is 2.22. The molecule has 2 aliphatic rings. The maximum Gasteiger partial charge on any atom is 0.224 e. The summed E-state index contributed by atoms with van der Waals surface area (Å²) >= 11 is 0. The van der Waals surface area contributed by atoms with Crippen molar-refractivity contribution in [3.05, 3.63) is 95.8 Å². The smallest absolute Gasteiger partial charge is 0.224 e. The van der Waals surface area contributed by atoms with Gasteiger partial charge >= 0.3 is 0 Å².